The van der Waals surface area contributed by atoms with E-state index >= 15 is 0 Å². The van der Waals surface area contributed by atoms with Crippen molar-refractivity contribution in [2.75, 3.05) is 6.61 Å². The molecule has 1 heterocycles. The van der Waals surface area contributed by atoms with E-state index in [4.69, 9.17) is 14.7 Å². The Balaban J connectivity index is 3.00. The summed E-state index contributed by atoms with van der Waals surface area (Å²) in [6, 6.07) is -1.55. The predicted molar refractivity (Wildman–Crippen MR) is 55.6 cm³/mol. The smallest absolute Gasteiger partial charge is 0.267 e. The maximum absolute atomic E-state index is 10.9. The van der Waals surface area contributed by atoms with Crippen molar-refractivity contribution in [1.82, 2.24) is 0 Å². The fourth-order valence-corrected chi connectivity index (χ4v) is 2.07. The predicted octanol–water partition coefficient (Wildman–Crippen LogP) is -3.95. The first-order valence-corrected chi connectivity index (χ1v) is 6.71. The summed E-state index contributed by atoms with van der Waals surface area (Å²) >= 11 is 0. The number of aliphatic imine (C=N–C) groups is 1. The van der Waals surface area contributed by atoms with Gasteiger partial charge in [0.05, 0.1) is 6.61 Å². The molecule has 11 heteroatoms. The van der Waals surface area contributed by atoms with Crippen LogP contribution < -0.4 is 10.00 Å². The Morgan fingerprint density at radius 3 is 2.47 bits per heavy atom. The first kappa shape index (κ1) is 16.5. The molecule has 0 aromatic heterocycles. The van der Waals surface area contributed by atoms with Gasteiger partial charge in [0.25, 0.3) is 7.82 Å². The zero-order chi connectivity index (χ0) is 14.8. The van der Waals surface area contributed by atoms with Gasteiger partial charge < -0.3 is 34.9 Å². The third kappa shape index (κ3) is 4.48. The minimum Gasteiger partial charge on any atom is -0.862 e. The Morgan fingerprint density at radius 2 is 2.05 bits per heavy atom. The minimum absolute atomic E-state index is 0.737. The van der Waals surface area contributed by atoms with E-state index in [-0.39, 0.29) is 0 Å². The maximum atomic E-state index is 10.9. The lowest BCUT2D eigenvalue weighted by atomic mass is 9.97. The van der Waals surface area contributed by atoms with Crippen molar-refractivity contribution < 1.29 is 44.0 Å². The molecule has 0 saturated carbocycles. The molecule has 1 fully saturated rings. The van der Waals surface area contributed by atoms with Crippen molar-refractivity contribution in [1.29, 1.82) is 0 Å². The van der Waals surface area contributed by atoms with Crippen molar-refractivity contribution in [2.45, 2.75) is 37.6 Å². The van der Waals surface area contributed by atoms with Crippen LogP contribution in [0.2, 0.25) is 0 Å². The summed E-state index contributed by atoms with van der Waals surface area (Å²) in [6.45, 7) is 0.295. The SMILES string of the molecule is CC([O-])=N[C@H]1[C@@H](OP(=O)([O-])O)O[C@H](CO)[C@@H](O)[C@@H]1O. The van der Waals surface area contributed by atoms with Gasteiger partial charge in [-0.3, -0.25) is 14.1 Å². The first-order chi connectivity index (χ1) is 8.65. The number of aliphatic hydroxyl groups is 3. The summed E-state index contributed by atoms with van der Waals surface area (Å²) in [5.74, 6) is -0.769. The molecule has 19 heavy (non-hydrogen) atoms. The van der Waals surface area contributed by atoms with Gasteiger partial charge in [0.1, 0.15) is 24.4 Å². The molecule has 112 valence electrons. The van der Waals surface area contributed by atoms with E-state index in [0.29, 0.717) is 0 Å². The third-order valence-electron chi connectivity index (χ3n) is 2.42. The second kappa shape index (κ2) is 6.25. The molecule has 0 radical (unpaired) electrons. The highest BCUT2D eigenvalue weighted by molar-refractivity contribution is 7.44. The average Bonchev–Trinajstić information content (AvgIpc) is 2.26. The molecule has 1 aliphatic rings. The molecule has 0 aromatic rings. The van der Waals surface area contributed by atoms with Crippen LogP contribution in [-0.4, -0.2) is 63.4 Å². The van der Waals surface area contributed by atoms with Gasteiger partial charge in [-0.05, 0) is 12.8 Å². The molecular weight excluding hydrogens is 285 g/mol. The number of phosphoric ester groups is 1. The lowest BCUT2D eigenvalue weighted by molar-refractivity contribution is -0.279. The fraction of sp³-hybridized carbons (Fsp3) is 0.875. The van der Waals surface area contributed by atoms with Gasteiger partial charge in [-0.2, -0.15) is 0 Å². The first-order valence-electron chi connectivity index (χ1n) is 5.21. The minimum atomic E-state index is -5.22. The molecule has 4 N–H and O–H groups in total. The highest BCUT2D eigenvalue weighted by Crippen LogP contribution is 2.37. The highest BCUT2D eigenvalue weighted by Gasteiger charge is 2.45. The number of hydrogen-bond donors (Lipinski definition) is 4. The maximum Gasteiger partial charge on any atom is 0.267 e. The summed E-state index contributed by atoms with van der Waals surface area (Å²) < 4.78 is 19.7. The van der Waals surface area contributed by atoms with Crippen molar-refractivity contribution in [3.63, 3.8) is 0 Å². The van der Waals surface area contributed by atoms with E-state index in [1.165, 1.54) is 0 Å². The van der Waals surface area contributed by atoms with Crippen LogP contribution in [0.3, 0.4) is 0 Å². The topological polar surface area (TPSA) is 175 Å². The summed E-state index contributed by atoms with van der Waals surface area (Å²) in [5.41, 5.74) is 0. The molecule has 6 atom stereocenters. The van der Waals surface area contributed by atoms with E-state index in [0.717, 1.165) is 6.92 Å². The lowest BCUT2D eigenvalue weighted by Crippen LogP contribution is -2.58. The molecule has 0 amide bonds. The lowest BCUT2D eigenvalue weighted by Gasteiger charge is -2.41. The summed E-state index contributed by atoms with van der Waals surface area (Å²) in [5, 5.41) is 39.1. The second-order valence-electron chi connectivity index (χ2n) is 3.92. The standard InChI is InChI=1S/C8H16NO9P/c1-3(11)9-5-7(13)6(12)4(2-10)17-8(5)18-19(14,15)16/h4-8,10,12-13H,2H2,1H3,(H,9,11)(H2,14,15,16)/p-2/t4-,5-,6-,7-,8-/m1/s1. The molecule has 0 spiro atoms. The summed E-state index contributed by atoms with van der Waals surface area (Å²) in [6.07, 6.45) is -6.47. The molecule has 1 aliphatic heterocycles. The number of aliphatic hydroxyl groups excluding tert-OH is 3. The largest absolute Gasteiger partial charge is 0.862 e. The Bertz CT molecular complexity index is 378. The highest BCUT2D eigenvalue weighted by atomic mass is 31.2. The van der Waals surface area contributed by atoms with E-state index in [1.54, 1.807) is 0 Å². The van der Waals surface area contributed by atoms with Gasteiger partial charge >= 0.3 is 0 Å². The average molecular weight is 299 g/mol. The molecule has 0 bridgehead atoms. The second-order valence-corrected chi connectivity index (χ2v) is 5.07. The van der Waals surface area contributed by atoms with Crippen LogP contribution in [0.15, 0.2) is 4.99 Å². The zero-order valence-electron chi connectivity index (χ0n) is 9.82. The molecule has 0 aromatic carbocycles. The van der Waals surface area contributed by atoms with Crippen LogP contribution in [0, 0.1) is 0 Å². The molecule has 10 nitrogen and oxygen atoms in total. The normalized spacial score (nSPS) is 39.9. The van der Waals surface area contributed by atoms with Gasteiger partial charge in [0.2, 0.25) is 0 Å². The zero-order valence-corrected chi connectivity index (χ0v) is 10.7. The number of ether oxygens (including phenoxy) is 1. The number of hydrogen-bond acceptors (Lipinski definition) is 9. The molecule has 1 unspecified atom stereocenters. The van der Waals surface area contributed by atoms with Gasteiger partial charge in [-0.1, -0.05) is 0 Å². The van der Waals surface area contributed by atoms with Crippen molar-refractivity contribution in [2.24, 2.45) is 4.99 Å². The number of nitrogens with zero attached hydrogens (tertiary/aromatic N) is 1. The van der Waals surface area contributed by atoms with E-state index in [2.05, 4.69) is 9.52 Å². The molecule has 1 saturated heterocycles. The summed E-state index contributed by atoms with van der Waals surface area (Å²) in [7, 11) is -5.22. The van der Waals surface area contributed by atoms with Gasteiger partial charge in [-0.25, -0.2) is 0 Å². The van der Waals surface area contributed by atoms with Gasteiger partial charge in [0.15, 0.2) is 6.29 Å². The Hall–Kier alpha value is -0.580. The van der Waals surface area contributed by atoms with Crippen molar-refractivity contribution in [3.05, 3.63) is 0 Å². The van der Waals surface area contributed by atoms with Crippen molar-refractivity contribution >= 4 is 13.7 Å². The fourth-order valence-electron chi connectivity index (χ4n) is 1.63. The van der Waals surface area contributed by atoms with Crippen LogP contribution in [0.4, 0.5) is 0 Å². The quantitative estimate of drug-likeness (QED) is 0.229. The molecule has 0 aliphatic carbocycles. The number of phosphoric acid groups is 1. The van der Waals surface area contributed by atoms with Gasteiger partial charge in [-0.15, -0.1) is 0 Å². The molecular formula is C8H14NO9P-2. The monoisotopic (exact) mass is 299 g/mol. The Kier molecular flexibility index (Phi) is 5.42. The van der Waals surface area contributed by atoms with Gasteiger partial charge in [0, 0.05) is 0 Å². The van der Waals surface area contributed by atoms with E-state index < -0.39 is 51.0 Å². The van der Waals surface area contributed by atoms with Crippen LogP contribution in [0.5, 0.6) is 0 Å². The van der Waals surface area contributed by atoms with E-state index in [1.807, 2.05) is 0 Å². The number of rotatable bonds is 4. The van der Waals surface area contributed by atoms with E-state index in [9.17, 15) is 24.8 Å². The van der Waals surface area contributed by atoms with Crippen molar-refractivity contribution in [3.8, 4) is 0 Å². The summed E-state index contributed by atoms with van der Waals surface area (Å²) in [4.78, 5) is 22.6. The van der Waals surface area contributed by atoms with Crippen LogP contribution in [0.1, 0.15) is 6.92 Å². The Labute approximate surface area is 108 Å². The molecule has 1 rings (SSSR count). The van der Waals surface area contributed by atoms with Crippen LogP contribution in [-0.2, 0) is 13.8 Å². The Morgan fingerprint density at radius 1 is 1.47 bits per heavy atom. The van der Waals surface area contributed by atoms with Crippen LogP contribution >= 0.6 is 7.82 Å². The third-order valence-corrected chi connectivity index (χ3v) is 2.89. The van der Waals surface area contributed by atoms with Crippen LogP contribution in [0.25, 0.3) is 0 Å².